The topological polar surface area (TPSA) is 4.93 Å². The first-order valence-electron chi connectivity index (χ1n) is 7.76. The fraction of sp³-hybridized carbons (Fsp3) is 0.143. The molecule has 0 unspecified atom stereocenters. The molecule has 1 aliphatic rings. The zero-order valence-electron chi connectivity index (χ0n) is 13.0. The van der Waals surface area contributed by atoms with Crippen molar-refractivity contribution in [1.29, 1.82) is 0 Å². The van der Waals surface area contributed by atoms with Crippen LogP contribution in [0.4, 0.5) is 0 Å². The predicted molar refractivity (Wildman–Crippen MR) is 94.0 cm³/mol. The van der Waals surface area contributed by atoms with Crippen LogP contribution in [0.25, 0.3) is 16.5 Å². The van der Waals surface area contributed by atoms with Crippen LogP contribution in [0.1, 0.15) is 23.7 Å². The van der Waals surface area contributed by atoms with Gasteiger partial charge in [-0.15, -0.1) is 0 Å². The van der Waals surface area contributed by atoms with Gasteiger partial charge in [-0.1, -0.05) is 59.7 Å². The fourth-order valence-electron chi connectivity index (χ4n) is 3.27. The van der Waals surface area contributed by atoms with Gasteiger partial charge < -0.3 is 4.57 Å². The molecule has 0 fully saturated rings. The highest BCUT2D eigenvalue weighted by Crippen LogP contribution is 2.32. The van der Waals surface area contributed by atoms with Gasteiger partial charge >= 0.3 is 0 Å². The fourth-order valence-corrected chi connectivity index (χ4v) is 3.27. The largest absolute Gasteiger partial charge is 0.337 e. The highest BCUT2D eigenvalue weighted by molar-refractivity contribution is 5.90. The summed E-state index contributed by atoms with van der Waals surface area (Å²) < 4.78 is 2.42. The first-order chi connectivity index (χ1) is 10.7. The minimum Gasteiger partial charge on any atom is -0.337 e. The van der Waals surface area contributed by atoms with E-state index in [-0.39, 0.29) is 0 Å². The Bertz CT molecular complexity index is 922. The number of benzene rings is 2. The third kappa shape index (κ3) is 2.10. The molecule has 0 N–H and O–H groups in total. The van der Waals surface area contributed by atoms with Crippen molar-refractivity contribution in [3.05, 3.63) is 89.1 Å². The molecule has 1 aromatic heterocycles. The van der Waals surface area contributed by atoms with E-state index in [9.17, 15) is 0 Å². The molecule has 0 aliphatic carbocycles. The molecular formula is C21H19N. The molecule has 1 aliphatic heterocycles. The number of aromatic nitrogens is 1. The summed E-state index contributed by atoms with van der Waals surface area (Å²) in [6, 6.07) is 19.7. The van der Waals surface area contributed by atoms with Crippen molar-refractivity contribution >= 4 is 16.5 Å². The van der Waals surface area contributed by atoms with Crippen molar-refractivity contribution in [1.82, 2.24) is 4.57 Å². The average molecular weight is 285 g/mol. The highest BCUT2D eigenvalue weighted by atomic mass is 15.0. The maximum atomic E-state index is 2.42. The van der Waals surface area contributed by atoms with Crippen LogP contribution in [0.5, 0.6) is 0 Å². The normalized spacial score (nSPS) is 14.3. The molecule has 108 valence electrons. The lowest BCUT2D eigenvalue weighted by Gasteiger charge is -2.11. The van der Waals surface area contributed by atoms with E-state index < -0.39 is 0 Å². The second-order valence-corrected chi connectivity index (χ2v) is 6.07. The van der Waals surface area contributed by atoms with Crippen LogP contribution in [-0.4, -0.2) is 4.57 Å². The number of rotatable bonds is 1. The van der Waals surface area contributed by atoms with Gasteiger partial charge in [0.05, 0.1) is 0 Å². The maximum absolute atomic E-state index is 2.42. The van der Waals surface area contributed by atoms with Crippen LogP contribution in [0.2, 0.25) is 0 Å². The van der Waals surface area contributed by atoms with Crippen molar-refractivity contribution < 1.29 is 0 Å². The lowest BCUT2D eigenvalue weighted by Crippen LogP contribution is -2.00. The minimum atomic E-state index is 0.931. The number of aryl methyl sites for hydroxylation is 1. The summed E-state index contributed by atoms with van der Waals surface area (Å²) in [4.78, 5) is 0. The zero-order chi connectivity index (χ0) is 15.1. The quantitative estimate of drug-likeness (QED) is 0.568. The molecule has 0 spiro atoms. The Kier molecular flexibility index (Phi) is 3.00. The van der Waals surface area contributed by atoms with Gasteiger partial charge in [-0.3, -0.25) is 0 Å². The number of nitrogens with zero attached hydrogens (tertiary/aromatic N) is 1. The SMILES string of the molecule is CC1=CCn2c(cc3ccccc32)C(c2cccc(C)c2)=C1. The molecule has 22 heavy (non-hydrogen) atoms. The first kappa shape index (κ1) is 13.1. The lowest BCUT2D eigenvalue weighted by molar-refractivity contribution is 0.850. The minimum absolute atomic E-state index is 0.931. The van der Waals surface area contributed by atoms with Gasteiger partial charge in [0, 0.05) is 28.7 Å². The Morgan fingerprint density at radius 2 is 1.77 bits per heavy atom. The molecule has 0 radical (unpaired) electrons. The summed E-state index contributed by atoms with van der Waals surface area (Å²) in [6.45, 7) is 5.27. The molecule has 1 nitrogen and oxygen atoms in total. The van der Waals surface area contributed by atoms with Crippen LogP contribution in [-0.2, 0) is 6.54 Å². The van der Waals surface area contributed by atoms with Crippen LogP contribution in [0, 0.1) is 6.92 Å². The van der Waals surface area contributed by atoms with E-state index in [1.807, 2.05) is 0 Å². The second kappa shape index (κ2) is 5.03. The number of para-hydroxylation sites is 1. The Morgan fingerprint density at radius 3 is 2.64 bits per heavy atom. The molecule has 0 saturated heterocycles. The molecule has 3 aromatic rings. The Labute approximate surface area is 131 Å². The van der Waals surface area contributed by atoms with Gasteiger partial charge in [-0.05, 0) is 37.6 Å². The molecule has 0 atom stereocenters. The van der Waals surface area contributed by atoms with Crippen molar-refractivity contribution in [2.75, 3.05) is 0 Å². The summed E-state index contributed by atoms with van der Waals surface area (Å²) in [7, 11) is 0. The second-order valence-electron chi connectivity index (χ2n) is 6.07. The summed E-state index contributed by atoms with van der Waals surface area (Å²) >= 11 is 0. The highest BCUT2D eigenvalue weighted by Gasteiger charge is 2.15. The average Bonchev–Trinajstić information content (AvgIpc) is 2.80. The van der Waals surface area contributed by atoms with Crippen LogP contribution >= 0.6 is 0 Å². The molecule has 2 aromatic carbocycles. The van der Waals surface area contributed by atoms with Gasteiger partial charge in [0.15, 0.2) is 0 Å². The van der Waals surface area contributed by atoms with Crippen LogP contribution in [0.3, 0.4) is 0 Å². The number of hydrogen-bond donors (Lipinski definition) is 0. The summed E-state index contributed by atoms with van der Waals surface area (Å²) in [5.41, 5.74) is 7.84. The third-order valence-electron chi connectivity index (χ3n) is 4.38. The van der Waals surface area contributed by atoms with E-state index in [0.717, 1.165) is 6.54 Å². The van der Waals surface area contributed by atoms with E-state index in [2.05, 4.69) is 85.2 Å². The summed E-state index contributed by atoms with van der Waals surface area (Å²) in [5, 5.41) is 1.31. The van der Waals surface area contributed by atoms with E-state index in [0.29, 0.717) is 0 Å². The van der Waals surface area contributed by atoms with Crippen LogP contribution < -0.4 is 0 Å². The van der Waals surface area contributed by atoms with Crippen molar-refractivity contribution in [2.24, 2.45) is 0 Å². The molecule has 2 heterocycles. The van der Waals surface area contributed by atoms with E-state index in [4.69, 9.17) is 0 Å². The van der Waals surface area contributed by atoms with Gasteiger partial charge in [-0.25, -0.2) is 0 Å². The van der Waals surface area contributed by atoms with Gasteiger partial charge in [0.25, 0.3) is 0 Å². The summed E-state index contributed by atoms with van der Waals surface area (Å²) in [6.07, 6.45) is 4.62. The standard InChI is InChI=1S/C21H19N/c1-15-6-5-8-17(12-15)19-13-16(2)10-11-22-20-9-4-3-7-18(20)14-21(19)22/h3-10,12-14H,11H2,1-2H3. The van der Waals surface area contributed by atoms with Crippen LogP contribution in [0.15, 0.2) is 72.3 Å². The molecule has 0 saturated carbocycles. The lowest BCUT2D eigenvalue weighted by atomic mass is 9.99. The molecule has 1 heteroatoms. The number of fused-ring (bicyclic) bond motifs is 3. The molecule has 0 amide bonds. The summed E-state index contributed by atoms with van der Waals surface area (Å²) in [5.74, 6) is 0. The van der Waals surface area contributed by atoms with Crippen molar-refractivity contribution in [2.45, 2.75) is 20.4 Å². The van der Waals surface area contributed by atoms with Crippen molar-refractivity contribution in [3.63, 3.8) is 0 Å². The zero-order valence-corrected chi connectivity index (χ0v) is 13.0. The molecular weight excluding hydrogens is 266 g/mol. The predicted octanol–water partition coefficient (Wildman–Crippen LogP) is 5.34. The monoisotopic (exact) mass is 285 g/mol. The van der Waals surface area contributed by atoms with Gasteiger partial charge in [0.1, 0.15) is 0 Å². The van der Waals surface area contributed by atoms with E-state index >= 15 is 0 Å². The Morgan fingerprint density at radius 1 is 0.909 bits per heavy atom. The van der Waals surface area contributed by atoms with Crippen molar-refractivity contribution in [3.8, 4) is 0 Å². The number of allylic oxidation sites excluding steroid dienone is 3. The Hall–Kier alpha value is -2.54. The maximum Gasteiger partial charge on any atom is 0.0500 e. The number of hydrogen-bond acceptors (Lipinski definition) is 0. The van der Waals surface area contributed by atoms with E-state index in [1.165, 1.54) is 38.9 Å². The van der Waals surface area contributed by atoms with Gasteiger partial charge in [0.2, 0.25) is 0 Å². The smallest absolute Gasteiger partial charge is 0.0500 e. The third-order valence-corrected chi connectivity index (χ3v) is 4.38. The van der Waals surface area contributed by atoms with Gasteiger partial charge in [-0.2, -0.15) is 0 Å². The molecule has 4 rings (SSSR count). The van der Waals surface area contributed by atoms with E-state index in [1.54, 1.807) is 0 Å². The Balaban J connectivity index is 2.00. The first-order valence-corrected chi connectivity index (χ1v) is 7.76. The molecule has 0 bridgehead atoms.